The van der Waals surface area contributed by atoms with E-state index in [0.717, 1.165) is 17.0 Å². The van der Waals surface area contributed by atoms with E-state index in [4.69, 9.17) is 10.7 Å². The zero-order chi connectivity index (χ0) is 13.0. The molecule has 0 radical (unpaired) electrons. The van der Waals surface area contributed by atoms with Gasteiger partial charge in [0.15, 0.2) is 0 Å². The van der Waals surface area contributed by atoms with E-state index in [1.54, 1.807) is 0 Å². The molecule has 2 aromatic carbocycles. The number of benzene rings is 2. The molecule has 0 fully saturated rings. The predicted molar refractivity (Wildman–Crippen MR) is 77.3 cm³/mol. The normalized spacial score (nSPS) is 12.5. The van der Waals surface area contributed by atoms with Crippen LogP contribution in [-0.2, 0) is 0 Å². The second-order valence-corrected chi connectivity index (χ2v) is 4.88. The molecule has 2 aromatic rings. The molecule has 2 heteroatoms. The molecule has 0 aliphatic carbocycles. The first-order chi connectivity index (χ1) is 8.57. The van der Waals surface area contributed by atoms with Crippen LogP contribution < -0.4 is 5.73 Å². The Hall–Kier alpha value is -1.93. The summed E-state index contributed by atoms with van der Waals surface area (Å²) in [6, 6.07) is 20.0. The Morgan fingerprint density at radius 2 is 1.39 bits per heavy atom. The number of nitrogens with zero attached hydrogens (tertiary/aromatic N) is 1. The minimum atomic E-state index is -0.475. The van der Waals surface area contributed by atoms with E-state index in [1.165, 1.54) is 0 Å². The molecule has 0 heterocycles. The lowest BCUT2D eigenvalue weighted by atomic mass is 9.93. The Morgan fingerprint density at radius 3 is 1.89 bits per heavy atom. The minimum Gasteiger partial charge on any atom is -0.321 e. The van der Waals surface area contributed by atoms with Crippen molar-refractivity contribution in [2.24, 2.45) is 10.7 Å². The summed E-state index contributed by atoms with van der Waals surface area (Å²) in [7, 11) is 0. The molecular formula is C16H18N2. The molecule has 92 valence electrons. The van der Waals surface area contributed by atoms with Crippen LogP contribution in [0.5, 0.6) is 0 Å². The van der Waals surface area contributed by atoms with Gasteiger partial charge in [0.1, 0.15) is 0 Å². The van der Waals surface area contributed by atoms with Gasteiger partial charge in [0.25, 0.3) is 0 Å². The summed E-state index contributed by atoms with van der Waals surface area (Å²) in [6.45, 7) is 3.95. The van der Waals surface area contributed by atoms with Crippen LogP contribution in [0.1, 0.15) is 19.4 Å². The van der Waals surface area contributed by atoms with Gasteiger partial charge in [-0.05, 0) is 31.5 Å². The van der Waals surface area contributed by atoms with E-state index < -0.39 is 5.54 Å². The molecule has 0 bridgehead atoms. The van der Waals surface area contributed by atoms with Crippen LogP contribution in [0.4, 0.5) is 5.69 Å². The Labute approximate surface area is 108 Å². The number of nitrogens with two attached hydrogens (primary N) is 1. The Bertz CT molecular complexity index is 522. The largest absolute Gasteiger partial charge is 0.321 e. The molecule has 0 unspecified atom stereocenters. The van der Waals surface area contributed by atoms with Crippen LogP contribution in [0.15, 0.2) is 65.7 Å². The molecule has 0 atom stereocenters. The summed E-state index contributed by atoms with van der Waals surface area (Å²) < 4.78 is 0. The van der Waals surface area contributed by atoms with Crippen LogP contribution in [0.2, 0.25) is 0 Å². The quantitative estimate of drug-likeness (QED) is 0.816. The van der Waals surface area contributed by atoms with Crippen molar-refractivity contribution in [3.05, 3.63) is 66.2 Å². The summed E-state index contributed by atoms with van der Waals surface area (Å²) in [5.74, 6) is 0. The summed E-state index contributed by atoms with van der Waals surface area (Å²) in [4.78, 5) is 4.69. The van der Waals surface area contributed by atoms with Gasteiger partial charge in [0, 0.05) is 0 Å². The molecule has 2 nitrogen and oxygen atoms in total. The van der Waals surface area contributed by atoms with Crippen LogP contribution in [-0.4, -0.2) is 11.3 Å². The van der Waals surface area contributed by atoms with Crippen molar-refractivity contribution in [1.29, 1.82) is 0 Å². The standard InChI is InChI=1S/C16H18N2/c1-16(2,17)15(13-9-5-3-6-10-13)18-14-11-7-4-8-12-14/h3-12H,17H2,1-2H3. The Kier molecular flexibility index (Phi) is 3.58. The lowest BCUT2D eigenvalue weighted by molar-refractivity contribution is 0.699. The number of aliphatic imine (C=N–C) groups is 1. The van der Waals surface area contributed by atoms with Gasteiger partial charge in [-0.1, -0.05) is 48.5 Å². The van der Waals surface area contributed by atoms with Crippen molar-refractivity contribution in [2.75, 3.05) is 0 Å². The third-order valence-electron chi connectivity index (χ3n) is 2.65. The number of rotatable bonds is 3. The minimum absolute atomic E-state index is 0.475. The van der Waals surface area contributed by atoms with E-state index in [2.05, 4.69) is 0 Å². The topological polar surface area (TPSA) is 38.4 Å². The summed E-state index contributed by atoms with van der Waals surface area (Å²) in [6.07, 6.45) is 0. The van der Waals surface area contributed by atoms with Gasteiger partial charge < -0.3 is 5.73 Å². The zero-order valence-corrected chi connectivity index (χ0v) is 10.8. The average Bonchev–Trinajstić information content (AvgIpc) is 2.37. The van der Waals surface area contributed by atoms with Crippen molar-refractivity contribution >= 4 is 11.4 Å². The van der Waals surface area contributed by atoms with Gasteiger partial charge in [-0.2, -0.15) is 0 Å². The highest BCUT2D eigenvalue weighted by Crippen LogP contribution is 2.18. The summed E-state index contributed by atoms with van der Waals surface area (Å²) >= 11 is 0. The van der Waals surface area contributed by atoms with E-state index in [0.29, 0.717) is 0 Å². The first kappa shape index (κ1) is 12.5. The van der Waals surface area contributed by atoms with E-state index in [-0.39, 0.29) is 0 Å². The molecule has 2 rings (SSSR count). The third kappa shape index (κ3) is 3.05. The maximum Gasteiger partial charge on any atom is 0.0676 e. The van der Waals surface area contributed by atoms with Gasteiger partial charge >= 0.3 is 0 Å². The SMILES string of the molecule is CC(C)(N)C(=Nc1ccccc1)c1ccccc1. The fourth-order valence-electron chi connectivity index (χ4n) is 1.81. The molecule has 0 amide bonds. The molecule has 0 aromatic heterocycles. The number of hydrogen-bond donors (Lipinski definition) is 1. The van der Waals surface area contributed by atoms with Gasteiger partial charge in [-0.15, -0.1) is 0 Å². The van der Waals surface area contributed by atoms with Crippen molar-refractivity contribution in [1.82, 2.24) is 0 Å². The lowest BCUT2D eigenvalue weighted by Gasteiger charge is -2.22. The molecule has 18 heavy (non-hydrogen) atoms. The van der Waals surface area contributed by atoms with Crippen LogP contribution >= 0.6 is 0 Å². The lowest BCUT2D eigenvalue weighted by Crippen LogP contribution is -2.42. The Balaban J connectivity index is 2.48. The average molecular weight is 238 g/mol. The van der Waals surface area contributed by atoms with Crippen LogP contribution in [0, 0.1) is 0 Å². The first-order valence-electron chi connectivity index (χ1n) is 6.06. The van der Waals surface area contributed by atoms with Crippen LogP contribution in [0.25, 0.3) is 0 Å². The second-order valence-electron chi connectivity index (χ2n) is 4.88. The Morgan fingerprint density at radius 1 is 0.889 bits per heavy atom. The second kappa shape index (κ2) is 5.15. The first-order valence-corrected chi connectivity index (χ1v) is 6.06. The highest BCUT2D eigenvalue weighted by atomic mass is 14.8. The van der Waals surface area contributed by atoms with E-state index in [9.17, 15) is 0 Å². The van der Waals surface area contributed by atoms with Gasteiger partial charge in [0.05, 0.1) is 16.9 Å². The van der Waals surface area contributed by atoms with Gasteiger partial charge in [-0.3, -0.25) is 4.99 Å². The molecule has 0 aliphatic heterocycles. The van der Waals surface area contributed by atoms with E-state index >= 15 is 0 Å². The fraction of sp³-hybridized carbons (Fsp3) is 0.188. The van der Waals surface area contributed by atoms with Crippen molar-refractivity contribution in [3.63, 3.8) is 0 Å². The van der Waals surface area contributed by atoms with Crippen molar-refractivity contribution < 1.29 is 0 Å². The zero-order valence-electron chi connectivity index (χ0n) is 10.8. The molecule has 0 aliphatic rings. The number of para-hydroxylation sites is 1. The highest BCUT2D eigenvalue weighted by Gasteiger charge is 2.21. The molecule has 0 spiro atoms. The van der Waals surface area contributed by atoms with Crippen molar-refractivity contribution in [3.8, 4) is 0 Å². The van der Waals surface area contributed by atoms with Crippen molar-refractivity contribution in [2.45, 2.75) is 19.4 Å². The van der Waals surface area contributed by atoms with E-state index in [1.807, 2.05) is 74.5 Å². The molecule has 0 saturated carbocycles. The predicted octanol–water partition coefficient (Wildman–Crippen LogP) is 3.54. The fourth-order valence-corrected chi connectivity index (χ4v) is 1.81. The number of hydrogen-bond acceptors (Lipinski definition) is 2. The monoisotopic (exact) mass is 238 g/mol. The summed E-state index contributed by atoms with van der Waals surface area (Å²) in [5.41, 5.74) is 8.64. The molecule has 2 N–H and O–H groups in total. The maximum atomic E-state index is 6.23. The summed E-state index contributed by atoms with van der Waals surface area (Å²) in [5, 5.41) is 0. The smallest absolute Gasteiger partial charge is 0.0676 e. The maximum absolute atomic E-state index is 6.23. The van der Waals surface area contributed by atoms with Gasteiger partial charge in [-0.25, -0.2) is 0 Å². The molecular weight excluding hydrogens is 220 g/mol. The van der Waals surface area contributed by atoms with Gasteiger partial charge in [0.2, 0.25) is 0 Å². The third-order valence-corrected chi connectivity index (χ3v) is 2.65. The van der Waals surface area contributed by atoms with Crippen LogP contribution in [0.3, 0.4) is 0 Å². The molecule has 0 saturated heterocycles. The highest BCUT2D eigenvalue weighted by molar-refractivity contribution is 6.07.